The largest absolute Gasteiger partial charge is 0.452 e. The lowest BCUT2D eigenvalue weighted by molar-refractivity contribution is -0.147. The molecule has 154 valence electrons. The Bertz CT molecular complexity index is 861. The van der Waals surface area contributed by atoms with Crippen LogP contribution in [0.2, 0.25) is 0 Å². The first-order chi connectivity index (χ1) is 13.8. The number of hydrogen-bond donors (Lipinski definition) is 2. The van der Waals surface area contributed by atoms with Crippen LogP contribution in [0.1, 0.15) is 38.2 Å². The summed E-state index contributed by atoms with van der Waals surface area (Å²) in [7, 11) is 0. The van der Waals surface area contributed by atoms with E-state index in [1.54, 1.807) is 6.07 Å². The van der Waals surface area contributed by atoms with E-state index in [4.69, 9.17) is 4.74 Å². The maximum atomic E-state index is 13.5. The van der Waals surface area contributed by atoms with Crippen LogP contribution < -0.4 is 10.7 Å². The summed E-state index contributed by atoms with van der Waals surface area (Å²) in [4.78, 5) is 48.5. The number of hydrazine groups is 1. The standard InChI is InChI=1S/C20H22FN3O5/c1-13-8-10-20(11-9-13)18(27)24(19(28)22-20)23-16(25)12-29-17(26)7-6-14-4-2-3-5-15(14)21/h2-7,13H,8-12H2,1H3,(H,22,28)(H,23,25)/b7-6+. The summed E-state index contributed by atoms with van der Waals surface area (Å²) in [6, 6.07) is 5.15. The number of imide groups is 1. The highest BCUT2D eigenvalue weighted by Crippen LogP contribution is 2.35. The Balaban J connectivity index is 1.50. The van der Waals surface area contributed by atoms with Crippen molar-refractivity contribution in [3.8, 4) is 0 Å². The molecule has 1 spiro atoms. The molecule has 1 saturated heterocycles. The molecule has 0 aromatic heterocycles. The van der Waals surface area contributed by atoms with Crippen LogP contribution in [-0.2, 0) is 19.1 Å². The second-order valence-electron chi connectivity index (χ2n) is 7.33. The van der Waals surface area contributed by atoms with Crippen LogP contribution in [0.5, 0.6) is 0 Å². The van der Waals surface area contributed by atoms with E-state index in [1.165, 1.54) is 24.3 Å². The maximum Gasteiger partial charge on any atom is 0.344 e. The summed E-state index contributed by atoms with van der Waals surface area (Å²) in [5, 5.41) is 3.31. The van der Waals surface area contributed by atoms with Gasteiger partial charge in [0, 0.05) is 11.6 Å². The molecule has 1 aromatic rings. The first-order valence-electron chi connectivity index (χ1n) is 9.36. The highest BCUT2D eigenvalue weighted by Gasteiger charge is 2.52. The molecule has 1 saturated carbocycles. The molecular formula is C20H22FN3O5. The van der Waals surface area contributed by atoms with Crippen LogP contribution in [0, 0.1) is 11.7 Å². The molecule has 1 heterocycles. The number of amides is 4. The van der Waals surface area contributed by atoms with Crippen LogP contribution in [0.25, 0.3) is 6.08 Å². The predicted octanol–water partition coefficient (Wildman–Crippen LogP) is 1.91. The van der Waals surface area contributed by atoms with E-state index >= 15 is 0 Å². The number of urea groups is 1. The molecule has 0 atom stereocenters. The van der Waals surface area contributed by atoms with E-state index in [-0.39, 0.29) is 5.56 Å². The summed E-state index contributed by atoms with van der Waals surface area (Å²) in [5.41, 5.74) is 1.39. The number of nitrogens with zero attached hydrogens (tertiary/aromatic N) is 1. The monoisotopic (exact) mass is 403 g/mol. The lowest BCUT2D eigenvalue weighted by Crippen LogP contribution is -2.52. The molecule has 1 aliphatic heterocycles. The summed E-state index contributed by atoms with van der Waals surface area (Å²) < 4.78 is 18.3. The van der Waals surface area contributed by atoms with Crippen molar-refractivity contribution >= 4 is 29.9 Å². The molecule has 2 aliphatic rings. The van der Waals surface area contributed by atoms with Crippen LogP contribution in [0.15, 0.2) is 30.3 Å². The van der Waals surface area contributed by atoms with Gasteiger partial charge in [0.2, 0.25) is 0 Å². The summed E-state index contributed by atoms with van der Waals surface area (Å²) in [6.45, 7) is 1.39. The molecule has 2 N–H and O–H groups in total. The van der Waals surface area contributed by atoms with Gasteiger partial charge < -0.3 is 10.1 Å². The first-order valence-corrected chi connectivity index (χ1v) is 9.36. The van der Waals surface area contributed by atoms with Gasteiger partial charge in [0.05, 0.1) is 0 Å². The van der Waals surface area contributed by atoms with E-state index in [0.29, 0.717) is 23.8 Å². The van der Waals surface area contributed by atoms with Crippen LogP contribution in [0.4, 0.5) is 9.18 Å². The van der Waals surface area contributed by atoms with Gasteiger partial charge in [-0.25, -0.2) is 14.0 Å². The third kappa shape index (κ3) is 4.61. The second-order valence-corrected chi connectivity index (χ2v) is 7.33. The molecule has 9 heteroatoms. The van der Waals surface area contributed by atoms with Crippen molar-refractivity contribution in [3.63, 3.8) is 0 Å². The first kappa shape index (κ1) is 20.5. The van der Waals surface area contributed by atoms with Gasteiger partial charge in [-0.2, -0.15) is 5.01 Å². The fourth-order valence-corrected chi connectivity index (χ4v) is 3.43. The van der Waals surface area contributed by atoms with Gasteiger partial charge in [0.25, 0.3) is 11.8 Å². The molecule has 1 aliphatic carbocycles. The Kier molecular flexibility index (Phi) is 5.95. The molecule has 4 amide bonds. The fourth-order valence-electron chi connectivity index (χ4n) is 3.43. The lowest BCUT2D eigenvalue weighted by Gasteiger charge is -2.33. The minimum atomic E-state index is -0.976. The van der Waals surface area contributed by atoms with Crippen molar-refractivity contribution in [2.24, 2.45) is 5.92 Å². The van der Waals surface area contributed by atoms with Crippen molar-refractivity contribution in [1.82, 2.24) is 15.8 Å². The zero-order valence-corrected chi connectivity index (χ0v) is 15.9. The molecule has 1 aromatic carbocycles. The van der Waals surface area contributed by atoms with Crippen molar-refractivity contribution in [2.45, 2.75) is 38.1 Å². The minimum absolute atomic E-state index is 0.195. The topological polar surface area (TPSA) is 105 Å². The van der Waals surface area contributed by atoms with Gasteiger partial charge in [0.15, 0.2) is 6.61 Å². The number of benzene rings is 1. The summed E-state index contributed by atoms with van der Waals surface area (Å²) in [5.74, 6) is -2.22. The van der Waals surface area contributed by atoms with E-state index in [2.05, 4.69) is 17.7 Å². The fraction of sp³-hybridized carbons (Fsp3) is 0.400. The lowest BCUT2D eigenvalue weighted by atomic mass is 9.77. The number of esters is 1. The third-order valence-electron chi connectivity index (χ3n) is 5.18. The Morgan fingerprint density at radius 1 is 1.31 bits per heavy atom. The van der Waals surface area contributed by atoms with Crippen LogP contribution in [-0.4, -0.2) is 41.0 Å². The van der Waals surface area contributed by atoms with Gasteiger partial charge in [-0.1, -0.05) is 25.1 Å². The highest BCUT2D eigenvalue weighted by molar-refractivity contribution is 6.08. The third-order valence-corrected chi connectivity index (χ3v) is 5.18. The van der Waals surface area contributed by atoms with Gasteiger partial charge >= 0.3 is 12.0 Å². The molecule has 3 rings (SSSR count). The number of nitrogens with one attached hydrogen (secondary N) is 2. The summed E-state index contributed by atoms with van der Waals surface area (Å²) in [6.07, 6.45) is 4.85. The number of halogens is 1. The Morgan fingerprint density at radius 3 is 2.69 bits per heavy atom. The van der Waals surface area contributed by atoms with Crippen molar-refractivity contribution in [2.75, 3.05) is 6.61 Å². The number of rotatable bonds is 5. The van der Waals surface area contributed by atoms with Crippen LogP contribution in [0.3, 0.4) is 0 Å². The maximum absolute atomic E-state index is 13.5. The SMILES string of the molecule is CC1CCC2(CC1)NC(=O)N(NC(=O)COC(=O)/C=C/c1ccccc1F)C2=O. The molecule has 0 radical (unpaired) electrons. The minimum Gasteiger partial charge on any atom is -0.452 e. The number of hydrogen-bond acceptors (Lipinski definition) is 5. The Morgan fingerprint density at radius 2 is 2.00 bits per heavy atom. The number of ether oxygens (including phenoxy) is 1. The zero-order valence-electron chi connectivity index (χ0n) is 15.9. The van der Waals surface area contributed by atoms with E-state index in [0.717, 1.165) is 18.9 Å². The van der Waals surface area contributed by atoms with E-state index in [9.17, 15) is 23.6 Å². The second kappa shape index (κ2) is 8.42. The summed E-state index contributed by atoms with van der Waals surface area (Å²) >= 11 is 0. The van der Waals surface area contributed by atoms with Crippen molar-refractivity contribution < 1.29 is 28.3 Å². The smallest absolute Gasteiger partial charge is 0.344 e. The number of carbonyl (C=O) groups is 4. The van der Waals surface area contributed by atoms with Gasteiger partial charge in [0.1, 0.15) is 11.4 Å². The van der Waals surface area contributed by atoms with Crippen molar-refractivity contribution in [1.29, 1.82) is 0 Å². The molecule has 0 bridgehead atoms. The average Bonchev–Trinajstić information content (AvgIpc) is 2.92. The average molecular weight is 403 g/mol. The highest BCUT2D eigenvalue weighted by atomic mass is 19.1. The normalized spacial score (nSPS) is 24.1. The molecule has 2 fully saturated rings. The molecule has 0 unspecified atom stereocenters. The van der Waals surface area contributed by atoms with Crippen molar-refractivity contribution in [3.05, 3.63) is 41.7 Å². The number of carbonyl (C=O) groups excluding carboxylic acids is 4. The van der Waals surface area contributed by atoms with Gasteiger partial charge in [-0.3, -0.25) is 15.0 Å². The predicted molar refractivity (Wildman–Crippen MR) is 100 cm³/mol. The molecule has 8 nitrogen and oxygen atoms in total. The molecular weight excluding hydrogens is 381 g/mol. The quantitative estimate of drug-likeness (QED) is 0.444. The Hall–Kier alpha value is -3.23. The Labute approximate surface area is 167 Å². The van der Waals surface area contributed by atoms with Gasteiger partial charge in [-0.15, -0.1) is 0 Å². The molecule has 29 heavy (non-hydrogen) atoms. The van der Waals surface area contributed by atoms with Crippen LogP contribution >= 0.6 is 0 Å². The van der Waals surface area contributed by atoms with E-state index < -0.39 is 41.8 Å². The van der Waals surface area contributed by atoms with E-state index in [1.807, 2.05) is 0 Å². The van der Waals surface area contributed by atoms with Gasteiger partial charge in [-0.05, 0) is 43.7 Å². The zero-order chi connectivity index (χ0) is 21.0.